The van der Waals surface area contributed by atoms with Crippen molar-refractivity contribution < 1.29 is 22.5 Å². The highest BCUT2D eigenvalue weighted by Crippen LogP contribution is 2.46. The summed E-state index contributed by atoms with van der Waals surface area (Å²) >= 11 is 0. The van der Waals surface area contributed by atoms with Crippen LogP contribution in [0.1, 0.15) is 73.6 Å². The number of ether oxygens (including phenoxy) is 1. The summed E-state index contributed by atoms with van der Waals surface area (Å²) in [5.74, 6) is 0.792. The van der Waals surface area contributed by atoms with Crippen LogP contribution in [-0.4, -0.2) is 50.7 Å². The van der Waals surface area contributed by atoms with Crippen LogP contribution >= 0.6 is 0 Å². The van der Waals surface area contributed by atoms with Crippen molar-refractivity contribution in [2.45, 2.75) is 108 Å². The van der Waals surface area contributed by atoms with E-state index in [1.165, 1.54) is 0 Å². The highest BCUT2D eigenvalue weighted by atomic mass is 32.2. The number of hydrogen-bond donors (Lipinski definition) is 1. The molecule has 0 aromatic carbocycles. The van der Waals surface area contributed by atoms with Gasteiger partial charge in [0.1, 0.15) is 0 Å². The minimum absolute atomic E-state index is 0.0160. The molecule has 0 aromatic rings. The molecule has 3 aliphatic rings. The highest BCUT2D eigenvalue weighted by Gasteiger charge is 2.54. The number of rotatable bonds is 5. The first-order valence-corrected chi connectivity index (χ1v) is 12.0. The van der Waals surface area contributed by atoms with Crippen LogP contribution in [0.4, 0.5) is 0 Å². The molecule has 1 N–H and O–H groups in total. The van der Waals surface area contributed by atoms with Crippen molar-refractivity contribution in [3.05, 3.63) is 0 Å². The molecule has 8 heteroatoms. The topological polar surface area (TPSA) is 73.9 Å². The van der Waals surface area contributed by atoms with Crippen LogP contribution in [-0.2, 0) is 24.1 Å². The van der Waals surface area contributed by atoms with Crippen molar-refractivity contribution >= 4 is 17.1 Å². The molecular formula is C19H36BNO5S. The predicted octanol–water partition coefficient (Wildman–Crippen LogP) is 3.12. The Morgan fingerprint density at radius 1 is 0.963 bits per heavy atom. The average Bonchev–Trinajstić information content (AvgIpc) is 3.09. The standard InChI is InChI=1S/C19H36BNO5S/c1-13(2)27(22,23)21-16-11-12-24-17(16)14-7-9-15(10-8-14)20-25-18(3,4)19(5,6)26-20/h13-17,21H,7-12H2,1-6H3. The molecule has 0 spiro atoms. The zero-order valence-corrected chi connectivity index (χ0v) is 18.5. The van der Waals surface area contributed by atoms with Crippen molar-refractivity contribution in [2.75, 3.05) is 6.61 Å². The van der Waals surface area contributed by atoms with E-state index >= 15 is 0 Å². The zero-order valence-electron chi connectivity index (χ0n) is 17.7. The normalized spacial score (nSPS) is 36.5. The van der Waals surface area contributed by atoms with Gasteiger partial charge in [-0.2, -0.15) is 0 Å². The molecule has 2 heterocycles. The lowest BCUT2D eigenvalue weighted by molar-refractivity contribution is 0.00578. The number of hydrogen-bond acceptors (Lipinski definition) is 5. The van der Waals surface area contributed by atoms with E-state index in [0.717, 1.165) is 32.1 Å². The molecule has 3 rings (SSSR count). The van der Waals surface area contributed by atoms with Gasteiger partial charge in [0.2, 0.25) is 10.0 Å². The molecule has 156 valence electrons. The smallest absolute Gasteiger partial charge is 0.403 e. The Labute approximate surface area is 165 Å². The minimum Gasteiger partial charge on any atom is -0.403 e. The molecule has 0 bridgehead atoms. The summed E-state index contributed by atoms with van der Waals surface area (Å²) < 4.78 is 45.8. The molecule has 1 aliphatic carbocycles. The third-order valence-electron chi connectivity index (χ3n) is 7.01. The second kappa shape index (κ2) is 7.60. The van der Waals surface area contributed by atoms with E-state index < -0.39 is 15.3 Å². The molecule has 0 amide bonds. The van der Waals surface area contributed by atoms with Gasteiger partial charge in [-0.05, 0) is 72.5 Å². The van der Waals surface area contributed by atoms with Crippen molar-refractivity contribution in [1.29, 1.82) is 0 Å². The van der Waals surface area contributed by atoms with Crippen LogP contribution in [0.5, 0.6) is 0 Å². The SMILES string of the molecule is CC(C)S(=O)(=O)NC1CCOC1C1CCC(B2OC(C)(C)C(C)(C)O2)CC1. The van der Waals surface area contributed by atoms with E-state index in [9.17, 15) is 8.42 Å². The quantitative estimate of drug-likeness (QED) is 0.717. The van der Waals surface area contributed by atoms with Gasteiger partial charge in [0.15, 0.2) is 0 Å². The molecule has 2 unspecified atom stereocenters. The predicted molar refractivity (Wildman–Crippen MR) is 107 cm³/mol. The summed E-state index contributed by atoms with van der Waals surface area (Å²) in [7, 11) is -3.42. The zero-order chi connectivity index (χ0) is 20.0. The number of nitrogens with one attached hydrogen (secondary N) is 1. The largest absolute Gasteiger partial charge is 0.461 e. The maximum Gasteiger partial charge on any atom is 0.461 e. The highest BCUT2D eigenvalue weighted by molar-refractivity contribution is 7.90. The molecule has 0 radical (unpaired) electrons. The fraction of sp³-hybridized carbons (Fsp3) is 1.00. The summed E-state index contributed by atoms with van der Waals surface area (Å²) in [6.07, 6.45) is 4.86. The van der Waals surface area contributed by atoms with Gasteiger partial charge in [0.25, 0.3) is 0 Å². The molecular weight excluding hydrogens is 365 g/mol. The Kier molecular flexibility index (Phi) is 6.07. The average molecular weight is 401 g/mol. The first-order valence-electron chi connectivity index (χ1n) is 10.4. The number of sulfonamides is 1. The van der Waals surface area contributed by atoms with Gasteiger partial charge in [-0.1, -0.05) is 12.8 Å². The first-order chi connectivity index (χ1) is 12.4. The van der Waals surface area contributed by atoms with Crippen LogP contribution < -0.4 is 4.72 Å². The third-order valence-corrected chi connectivity index (χ3v) is 8.88. The van der Waals surface area contributed by atoms with Gasteiger partial charge in [-0.3, -0.25) is 0 Å². The Morgan fingerprint density at radius 2 is 1.52 bits per heavy atom. The summed E-state index contributed by atoms with van der Waals surface area (Å²) in [6, 6.07) is -0.101. The van der Waals surface area contributed by atoms with Crippen LogP contribution in [0, 0.1) is 5.92 Å². The van der Waals surface area contributed by atoms with Gasteiger partial charge in [0, 0.05) is 6.61 Å². The summed E-state index contributed by atoms with van der Waals surface area (Å²) in [6.45, 7) is 12.4. The fourth-order valence-electron chi connectivity index (χ4n) is 4.38. The Bertz CT molecular complexity index is 612. The Hall–Kier alpha value is -0.145. The molecule has 0 aromatic heterocycles. The lowest BCUT2D eigenvalue weighted by Gasteiger charge is -2.35. The maximum atomic E-state index is 12.3. The van der Waals surface area contributed by atoms with E-state index in [1.807, 2.05) is 0 Å². The summed E-state index contributed by atoms with van der Waals surface area (Å²) in [4.78, 5) is 0. The van der Waals surface area contributed by atoms with E-state index in [-0.39, 0.29) is 30.5 Å². The minimum atomic E-state index is -3.27. The maximum absolute atomic E-state index is 12.3. The van der Waals surface area contributed by atoms with Crippen molar-refractivity contribution in [1.82, 2.24) is 4.72 Å². The van der Waals surface area contributed by atoms with Crippen LogP contribution in [0.2, 0.25) is 5.82 Å². The molecule has 2 atom stereocenters. The van der Waals surface area contributed by atoms with Gasteiger partial charge < -0.3 is 14.0 Å². The van der Waals surface area contributed by atoms with Crippen LogP contribution in [0.25, 0.3) is 0 Å². The second-order valence-corrected chi connectivity index (χ2v) is 12.0. The van der Waals surface area contributed by atoms with Gasteiger partial charge in [-0.25, -0.2) is 13.1 Å². The van der Waals surface area contributed by atoms with Crippen molar-refractivity contribution in [2.24, 2.45) is 5.92 Å². The molecule has 3 fully saturated rings. The van der Waals surface area contributed by atoms with Gasteiger partial charge in [-0.15, -0.1) is 0 Å². The lowest BCUT2D eigenvalue weighted by atomic mass is 9.62. The molecule has 6 nitrogen and oxygen atoms in total. The molecule has 27 heavy (non-hydrogen) atoms. The van der Waals surface area contributed by atoms with Crippen molar-refractivity contribution in [3.63, 3.8) is 0 Å². The third kappa shape index (κ3) is 4.40. The second-order valence-electron chi connectivity index (χ2n) is 9.74. The van der Waals surface area contributed by atoms with Crippen LogP contribution in [0.15, 0.2) is 0 Å². The Balaban J connectivity index is 1.56. The van der Waals surface area contributed by atoms with E-state index in [1.54, 1.807) is 13.8 Å². The molecule has 2 aliphatic heterocycles. The van der Waals surface area contributed by atoms with E-state index in [2.05, 4.69) is 32.4 Å². The van der Waals surface area contributed by atoms with Crippen molar-refractivity contribution in [3.8, 4) is 0 Å². The Morgan fingerprint density at radius 3 is 2.04 bits per heavy atom. The fourth-order valence-corrected chi connectivity index (χ4v) is 5.32. The van der Waals surface area contributed by atoms with Gasteiger partial charge in [0.05, 0.1) is 28.6 Å². The molecule has 2 saturated heterocycles. The van der Waals surface area contributed by atoms with Gasteiger partial charge >= 0.3 is 7.12 Å². The molecule has 1 saturated carbocycles. The van der Waals surface area contributed by atoms with E-state index in [4.69, 9.17) is 14.0 Å². The first kappa shape index (κ1) is 21.6. The summed E-state index contributed by atoms with van der Waals surface area (Å²) in [5.41, 5.74) is -0.577. The summed E-state index contributed by atoms with van der Waals surface area (Å²) in [5, 5.41) is -0.419. The van der Waals surface area contributed by atoms with E-state index in [0.29, 0.717) is 18.3 Å². The monoisotopic (exact) mass is 401 g/mol. The lowest BCUT2D eigenvalue weighted by Crippen LogP contribution is -2.46. The van der Waals surface area contributed by atoms with Crippen LogP contribution in [0.3, 0.4) is 0 Å².